The Hall–Kier alpha value is -1.80. The molecule has 0 saturated carbocycles. The second-order valence-electron chi connectivity index (χ2n) is 3.32. The van der Waals surface area contributed by atoms with E-state index in [1.54, 1.807) is 16.9 Å². The highest BCUT2D eigenvalue weighted by Gasteiger charge is 2.03. The maximum atomic E-state index is 8.67. The van der Waals surface area contributed by atoms with Gasteiger partial charge in [0.2, 0.25) is 0 Å². The first-order chi connectivity index (χ1) is 7.70. The molecule has 0 spiro atoms. The van der Waals surface area contributed by atoms with Crippen LogP contribution >= 0.6 is 15.9 Å². The summed E-state index contributed by atoms with van der Waals surface area (Å²) >= 11 is 3.33. The second-order valence-corrected chi connectivity index (χ2v) is 4.24. The molecule has 4 nitrogen and oxygen atoms in total. The Morgan fingerprint density at radius 1 is 1.50 bits per heavy atom. The monoisotopic (exact) mass is 276 g/mol. The van der Waals surface area contributed by atoms with Crippen LogP contribution in [0.15, 0.2) is 35.1 Å². The van der Waals surface area contributed by atoms with E-state index in [1.165, 1.54) is 0 Å². The molecular formula is C11H9BrN4. The molecule has 1 heterocycles. The van der Waals surface area contributed by atoms with Crippen LogP contribution in [0.4, 0.5) is 5.69 Å². The summed E-state index contributed by atoms with van der Waals surface area (Å²) in [5.41, 5.74) is 8.12. The summed E-state index contributed by atoms with van der Waals surface area (Å²) in [5, 5.41) is 12.8. The van der Waals surface area contributed by atoms with Gasteiger partial charge in [0.1, 0.15) is 0 Å². The Bertz CT molecular complexity index is 553. The van der Waals surface area contributed by atoms with Gasteiger partial charge >= 0.3 is 0 Å². The van der Waals surface area contributed by atoms with Crippen LogP contribution in [-0.4, -0.2) is 9.78 Å². The van der Waals surface area contributed by atoms with Crippen molar-refractivity contribution in [2.75, 3.05) is 5.73 Å². The Morgan fingerprint density at radius 2 is 2.31 bits per heavy atom. The lowest BCUT2D eigenvalue weighted by atomic mass is 10.1. The molecule has 1 aromatic carbocycles. The van der Waals surface area contributed by atoms with E-state index in [0.717, 1.165) is 15.7 Å². The van der Waals surface area contributed by atoms with Gasteiger partial charge in [0.25, 0.3) is 0 Å². The van der Waals surface area contributed by atoms with Crippen LogP contribution < -0.4 is 5.73 Å². The fourth-order valence-electron chi connectivity index (χ4n) is 1.41. The fraction of sp³-hybridized carbons (Fsp3) is 0.0909. The van der Waals surface area contributed by atoms with Crippen molar-refractivity contribution in [2.45, 2.75) is 6.42 Å². The van der Waals surface area contributed by atoms with Gasteiger partial charge < -0.3 is 5.73 Å². The minimum atomic E-state index is 0.308. The van der Waals surface area contributed by atoms with Crippen molar-refractivity contribution in [3.63, 3.8) is 0 Å². The molecule has 0 saturated heterocycles. The minimum Gasteiger partial charge on any atom is -0.398 e. The van der Waals surface area contributed by atoms with Crippen LogP contribution in [0.25, 0.3) is 5.69 Å². The van der Waals surface area contributed by atoms with Gasteiger partial charge in [-0.15, -0.1) is 0 Å². The van der Waals surface area contributed by atoms with Crippen LogP contribution in [0, 0.1) is 11.3 Å². The Balaban J connectivity index is 2.43. The van der Waals surface area contributed by atoms with Crippen molar-refractivity contribution < 1.29 is 0 Å². The van der Waals surface area contributed by atoms with Gasteiger partial charge in [0.15, 0.2) is 0 Å². The number of hydrogen-bond donors (Lipinski definition) is 1. The summed E-state index contributed by atoms with van der Waals surface area (Å²) in [5.74, 6) is 0. The van der Waals surface area contributed by atoms with Gasteiger partial charge in [-0.1, -0.05) is 0 Å². The number of nitrogen functional groups attached to an aromatic ring is 1. The van der Waals surface area contributed by atoms with Gasteiger partial charge in [0, 0.05) is 11.9 Å². The number of nitrogens with two attached hydrogens (primary N) is 1. The van der Waals surface area contributed by atoms with E-state index >= 15 is 0 Å². The molecule has 1 aromatic heterocycles. The Kier molecular flexibility index (Phi) is 2.93. The zero-order chi connectivity index (χ0) is 11.5. The molecule has 5 heteroatoms. The van der Waals surface area contributed by atoms with Gasteiger partial charge in [-0.05, 0) is 39.7 Å². The van der Waals surface area contributed by atoms with Crippen molar-refractivity contribution in [3.05, 3.63) is 40.6 Å². The Labute approximate surface area is 101 Å². The first-order valence-corrected chi connectivity index (χ1v) is 5.46. The number of anilines is 1. The van der Waals surface area contributed by atoms with E-state index in [0.29, 0.717) is 12.1 Å². The molecule has 0 amide bonds. The fourth-order valence-corrected chi connectivity index (χ4v) is 1.70. The molecule has 2 aromatic rings. The number of halogens is 1. The topological polar surface area (TPSA) is 67.6 Å². The van der Waals surface area contributed by atoms with E-state index in [1.807, 2.05) is 18.3 Å². The zero-order valence-corrected chi connectivity index (χ0v) is 9.98. The van der Waals surface area contributed by atoms with Crippen LogP contribution in [0.2, 0.25) is 0 Å². The summed E-state index contributed by atoms with van der Waals surface area (Å²) in [6.07, 6.45) is 3.87. The number of nitriles is 1. The minimum absolute atomic E-state index is 0.308. The third kappa shape index (κ3) is 2.07. The summed E-state index contributed by atoms with van der Waals surface area (Å²) in [7, 11) is 0. The SMILES string of the molecule is N#CCc1cc(-n2cc(Br)cn2)ccc1N. The molecule has 0 aliphatic carbocycles. The van der Waals surface area contributed by atoms with Crippen molar-refractivity contribution in [2.24, 2.45) is 0 Å². The molecule has 2 N–H and O–H groups in total. The van der Waals surface area contributed by atoms with Crippen molar-refractivity contribution in [1.82, 2.24) is 9.78 Å². The summed E-state index contributed by atoms with van der Waals surface area (Å²) in [6.45, 7) is 0. The third-order valence-electron chi connectivity index (χ3n) is 2.21. The first-order valence-electron chi connectivity index (χ1n) is 4.66. The molecule has 16 heavy (non-hydrogen) atoms. The van der Waals surface area contributed by atoms with Gasteiger partial charge in [-0.3, -0.25) is 0 Å². The van der Waals surface area contributed by atoms with Gasteiger partial charge in [-0.25, -0.2) is 4.68 Å². The first kappa shape index (κ1) is 10.7. The molecule has 0 atom stereocenters. The van der Waals surface area contributed by atoms with Crippen LogP contribution in [0.3, 0.4) is 0 Å². The maximum Gasteiger partial charge on any atom is 0.0670 e. The quantitative estimate of drug-likeness (QED) is 0.856. The number of hydrogen-bond acceptors (Lipinski definition) is 3. The summed E-state index contributed by atoms with van der Waals surface area (Å²) in [4.78, 5) is 0. The number of nitrogens with zero attached hydrogens (tertiary/aromatic N) is 3. The highest BCUT2D eigenvalue weighted by Crippen LogP contribution is 2.18. The average molecular weight is 277 g/mol. The lowest BCUT2D eigenvalue weighted by molar-refractivity contribution is 0.878. The maximum absolute atomic E-state index is 8.67. The largest absolute Gasteiger partial charge is 0.398 e. The smallest absolute Gasteiger partial charge is 0.0670 e. The Morgan fingerprint density at radius 3 is 2.94 bits per heavy atom. The molecular weight excluding hydrogens is 268 g/mol. The van der Waals surface area contributed by atoms with E-state index in [2.05, 4.69) is 27.1 Å². The summed E-state index contributed by atoms with van der Waals surface area (Å²) in [6, 6.07) is 7.62. The van der Waals surface area contributed by atoms with E-state index < -0.39 is 0 Å². The van der Waals surface area contributed by atoms with E-state index in [9.17, 15) is 0 Å². The molecule has 0 aliphatic heterocycles. The summed E-state index contributed by atoms with van der Waals surface area (Å²) < 4.78 is 2.64. The number of rotatable bonds is 2. The molecule has 2 rings (SSSR count). The second kappa shape index (κ2) is 4.37. The lowest BCUT2D eigenvalue weighted by Gasteiger charge is -2.05. The van der Waals surface area contributed by atoms with Crippen LogP contribution in [0.1, 0.15) is 5.56 Å². The molecule has 80 valence electrons. The highest BCUT2D eigenvalue weighted by molar-refractivity contribution is 9.10. The number of aromatic nitrogens is 2. The van der Waals surface area contributed by atoms with E-state index in [4.69, 9.17) is 11.0 Å². The predicted octanol–water partition coefficient (Wildman–Crippen LogP) is 2.28. The van der Waals surface area contributed by atoms with Crippen LogP contribution in [0.5, 0.6) is 0 Å². The molecule has 0 radical (unpaired) electrons. The standard InChI is InChI=1S/C11H9BrN4/c12-9-6-15-16(7-9)10-1-2-11(14)8(5-10)3-4-13/h1-2,5-7H,3,14H2. The molecule has 0 unspecified atom stereocenters. The van der Waals surface area contributed by atoms with Gasteiger partial charge in [-0.2, -0.15) is 10.4 Å². The van der Waals surface area contributed by atoms with Crippen molar-refractivity contribution in [1.29, 1.82) is 5.26 Å². The molecule has 0 bridgehead atoms. The normalized spacial score (nSPS) is 10.0. The number of benzene rings is 1. The zero-order valence-electron chi connectivity index (χ0n) is 8.39. The van der Waals surface area contributed by atoms with Crippen molar-refractivity contribution in [3.8, 4) is 11.8 Å². The van der Waals surface area contributed by atoms with E-state index in [-0.39, 0.29) is 0 Å². The average Bonchev–Trinajstić information content (AvgIpc) is 2.69. The predicted molar refractivity (Wildman–Crippen MR) is 65.0 cm³/mol. The molecule has 0 fully saturated rings. The highest BCUT2D eigenvalue weighted by atomic mass is 79.9. The van der Waals surface area contributed by atoms with Crippen molar-refractivity contribution >= 4 is 21.6 Å². The lowest BCUT2D eigenvalue weighted by Crippen LogP contribution is -1.99. The van der Waals surface area contributed by atoms with Gasteiger partial charge in [0.05, 0.1) is 28.8 Å². The molecule has 0 aliphatic rings. The third-order valence-corrected chi connectivity index (χ3v) is 2.62. The van der Waals surface area contributed by atoms with Crippen LogP contribution in [-0.2, 0) is 6.42 Å².